The van der Waals surface area contributed by atoms with E-state index in [0.29, 0.717) is 5.56 Å². The van der Waals surface area contributed by atoms with Gasteiger partial charge in [0.25, 0.3) is 0 Å². The lowest BCUT2D eigenvalue weighted by Crippen LogP contribution is -1.89. The molecule has 2 nitrogen and oxygen atoms in total. The second-order valence-corrected chi connectivity index (χ2v) is 3.72. The van der Waals surface area contributed by atoms with Gasteiger partial charge in [-0.05, 0) is 30.2 Å². The fourth-order valence-electron chi connectivity index (χ4n) is 1.52. The first kappa shape index (κ1) is 10.1. The molecule has 2 aromatic rings. The molecule has 0 spiro atoms. The Bertz CT molecular complexity index is 522. The van der Waals surface area contributed by atoms with E-state index in [9.17, 15) is 4.79 Å². The summed E-state index contributed by atoms with van der Waals surface area (Å²) in [7, 11) is 0. The van der Waals surface area contributed by atoms with Gasteiger partial charge in [-0.1, -0.05) is 24.6 Å². The monoisotopic (exact) mass is 219 g/mol. The predicted octanol–water partition coefficient (Wildman–Crippen LogP) is 3.26. The average molecular weight is 220 g/mol. The van der Waals surface area contributed by atoms with E-state index < -0.39 is 0 Å². The van der Waals surface area contributed by atoms with Crippen LogP contribution in [0.3, 0.4) is 0 Å². The Kier molecular flexibility index (Phi) is 2.69. The van der Waals surface area contributed by atoms with Crippen LogP contribution in [0, 0.1) is 0 Å². The standard InChI is InChI=1S/C12H10ClNO/c1-2-8-3-4-11-9(5-8)6-10(7-15)12(13)14-11/h3-7H,2H2,1H3. The molecule has 0 bridgehead atoms. The van der Waals surface area contributed by atoms with Crippen molar-refractivity contribution in [1.82, 2.24) is 4.98 Å². The summed E-state index contributed by atoms with van der Waals surface area (Å²) < 4.78 is 0. The van der Waals surface area contributed by atoms with Crippen LogP contribution in [-0.4, -0.2) is 11.3 Å². The molecule has 0 saturated heterocycles. The number of halogens is 1. The maximum Gasteiger partial charge on any atom is 0.153 e. The second-order valence-electron chi connectivity index (χ2n) is 3.37. The maximum atomic E-state index is 10.7. The zero-order valence-electron chi connectivity index (χ0n) is 8.33. The fourth-order valence-corrected chi connectivity index (χ4v) is 1.71. The Morgan fingerprint density at radius 1 is 1.40 bits per heavy atom. The summed E-state index contributed by atoms with van der Waals surface area (Å²) in [6.07, 6.45) is 1.70. The van der Waals surface area contributed by atoms with E-state index in [1.807, 2.05) is 18.2 Å². The molecule has 1 aromatic carbocycles. The number of aryl methyl sites for hydroxylation is 1. The molecule has 1 heterocycles. The number of rotatable bonds is 2. The maximum absolute atomic E-state index is 10.7. The smallest absolute Gasteiger partial charge is 0.153 e. The molecular weight excluding hydrogens is 210 g/mol. The van der Waals surface area contributed by atoms with Gasteiger partial charge in [0.15, 0.2) is 6.29 Å². The van der Waals surface area contributed by atoms with E-state index >= 15 is 0 Å². The van der Waals surface area contributed by atoms with Crippen molar-refractivity contribution in [2.24, 2.45) is 0 Å². The van der Waals surface area contributed by atoms with Crippen LogP contribution in [0.2, 0.25) is 5.15 Å². The van der Waals surface area contributed by atoms with E-state index in [-0.39, 0.29) is 5.15 Å². The van der Waals surface area contributed by atoms with Crippen molar-refractivity contribution in [2.45, 2.75) is 13.3 Å². The summed E-state index contributed by atoms with van der Waals surface area (Å²) in [5.41, 5.74) is 2.49. The number of fused-ring (bicyclic) bond motifs is 1. The van der Waals surface area contributed by atoms with E-state index in [0.717, 1.165) is 23.6 Å². The summed E-state index contributed by atoms with van der Waals surface area (Å²) in [4.78, 5) is 14.9. The number of hydrogen-bond donors (Lipinski definition) is 0. The molecule has 3 heteroatoms. The molecule has 76 valence electrons. The van der Waals surface area contributed by atoms with Crippen LogP contribution in [0.4, 0.5) is 0 Å². The van der Waals surface area contributed by atoms with Crippen LogP contribution in [-0.2, 0) is 6.42 Å². The predicted molar refractivity (Wildman–Crippen MR) is 61.5 cm³/mol. The lowest BCUT2D eigenvalue weighted by Gasteiger charge is -2.02. The van der Waals surface area contributed by atoms with Gasteiger partial charge < -0.3 is 0 Å². The number of pyridine rings is 1. The molecule has 0 aliphatic carbocycles. The molecule has 0 aliphatic rings. The van der Waals surface area contributed by atoms with Gasteiger partial charge in [0, 0.05) is 5.39 Å². The Hall–Kier alpha value is -1.41. The fraction of sp³-hybridized carbons (Fsp3) is 0.167. The Morgan fingerprint density at radius 3 is 2.87 bits per heavy atom. The van der Waals surface area contributed by atoms with Gasteiger partial charge in [-0.25, -0.2) is 4.98 Å². The molecular formula is C12H10ClNO. The number of hydrogen-bond acceptors (Lipinski definition) is 2. The molecule has 0 atom stereocenters. The average Bonchev–Trinajstić information content (AvgIpc) is 2.27. The minimum Gasteiger partial charge on any atom is -0.298 e. The number of carbonyl (C=O) groups excluding carboxylic acids is 1. The largest absolute Gasteiger partial charge is 0.298 e. The summed E-state index contributed by atoms with van der Waals surface area (Å²) in [5.74, 6) is 0. The molecule has 0 saturated carbocycles. The quantitative estimate of drug-likeness (QED) is 0.573. The van der Waals surface area contributed by atoms with Gasteiger partial charge >= 0.3 is 0 Å². The molecule has 2 rings (SSSR count). The number of benzene rings is 1. The minimum atomic E-state index is 0.266. The Labute approximate surface area is 92.9 Å². The third-order valence-corrected chi connectivity index (χ3v) is 2.70. The highest BCUT2D eigenvalue weighted by Crippen LogP contribution is 2.20. The first-order valence-corrected chi connectivity index (χ1v) is 5.16. The van der Waals surface area contributed by atoms with Gasteiger partial charge in [-0.15, -0.1) is 0 Å². The van der Waals surface area contributed by atoms with Crippen molar-refractivity contribution in [3.8, 4) is 0 Å². The molecule has 0 aliphatic heterocycles. The number of nitrogens with zero attached hydrogens (tertiary/aromatic N) is 1. The summed E-state index contributed by atoms with van der Waals surface area (Å²) in [5, 5.41) is 1.22. The van der Waals surface area contributed by atoms with E-state index in [4.69, 9.17) is 11.6 Å². The van der Waals surface area contributed by atoms with Crippen molar-refractivity contribution in [3.05, 3.63) is 40.5 Å². The topological polar surface area (TPSA) is 30.0 Å². The van der Waals surface area contributed by atoms with Gasteiger partial charge in [-0.3, -0.25) is 4.79 Å². The van der Waals surface area contributed by atoms with Gasteiger partial charge in [0.2, 0.25) is 0 Å². The number of carbonyl (C=O) groups is 1. The molecule has 0 N–H and O–H groups in total. The molecule has 15 heavy (non-hydrogen) atoms. The zero-order chi connectivity index (χ0) is 10.8. The Morgan fingerprint density at radius 2 is 2.20 bits per heavy atom. The third kappa shape index (κ3) is 1.85. The summed E-state index contributed by atoms with van der Waals surface area (Å²) in [6.45, 7) is 2.09. The van der Waals surface area contributed by atoms with Crippen LogP contribution < -0.4 is 0 Å². The summed E-state index contributed by atoms with van der Waals surface area (Å²) >= 11 is 5.83. The van der Waals surface area contributed by atoms with Gasteiger partial charge in [0.1, 0.15) is 5.15 Å². The van der Waals surface area contributed by atoms with Crippen molar-refractivity contribution < 1.29 is 4.79 Å². The molecule has 0 unspecified atom stereocenters. The lowest BCUT2D eigenvalue weighted by atomic mass is 10.1. The molecule has 0 radical (unpaired) electrons. The van der Waals surface area contributed by atoms with Crippen LogP contribution >= 0.6 is 11.6 Å². The zero-order valence-corrected chi connectivity index (χ0v) is 9.08. The number of aromatic nitrogens is 1. The van der Waals surface area contributed by atoms with E-state index in [1.165, 1.54) is 5.56 Å². The van der Waals surface area contributed by atoms with Crippen LogP contribution in [0.1, 0.15) is 22.8 Å². The molecule has 1 aromatic heterocycles. The molecule has 0 fully saturated rings. The first-order valence-electron chi connectivity index (χ1n) is 4.79. The Balaban J connectivity index is 2.71. The summed E-state index contributed by atoms with van der Waals surface area (Å²) in [6, 6.07) is 7.75. The highest BCUT2D eigenvalue weighted by molar-refractivity contribution is 6.32. The third-order valence-electron chi connectivity index (χ3n) is 2.39. The minimum absolute atomic E-state index is 0.266. The normalized spacial score (nSPS) is 10.5. The van der Waals surface area contributed by atoms with Gasteiger partial charge in [0.05, 0.1) is 11.1 Å². The van der Waals surface area contributed by atoms with Gasteiger partial charge in [-0.2, -0.15) is 0 Å². The first-order chi connectivity index (χ1) is 7.24. The molecule has 0 amide bonds. The lowest BCUT2D eigenvalue weighted by molar-refractivity contribution is 0.112. The van der Waals surface area contributed by atoms with Crippen molar-refractivity contribution >= 4 is 28.8 Å². The van der Waals surface area contributed by atoms with Crippen LogP contribution in [0.25, 0.3) is 10.9 Å². The SMILES string of the molecule is CCc1ccc2nc(Cl)c(C=O)cc2c1. The highest BCUT2D eigenvalue weighted by Gasteiger charge is 2.04. The van der Waals surface area contributed by atoms with Crippen LogP contribution in [0.5, 0.6) is 0 Å². The van der Waals surface area contributed by atoms with E-state index in [1.54, 1.807) is 6.07 Å². The second kappa shape index (κ2) is 3.99. The van der Waals surface area contributed by atoms with Crippen LogP contribution in [0.15, 0.2) is 24.3 Å². The highest BCUT2D eigenvalue weighted by atomic mass is 35.5. The van der Waals surface area contributed by atoms with Crippen molar-refractivity contribution in [1.29, 1.82) is 0 Å². The van der Waals surface area contributed by atoms with E-state index in [2.05, 4.69) is 11.9 Å². The van der Waals surface area contributed by atoms with Crippen molar-refractivity contribution in [3.63, 3.8) is 0 Å². The number of aldehydes is 1. The van der Waals surface area contributed by atoms with Crippen molar-refractivity contribution in [2.75, 3.05) is 0 Å².